The average molecular weight is 520 g/mol. The maximum absolute atomic E-state index is 13.8. The van der Waals surface area contributed by atoms with Gasteiger partial charge in [-0.1, -0.05) is 37.1 Å². The van der Waals surface area contributed by atoms with E-state index in [0.29, 0.717) is 38.9 Å². The molecule has 2 saturated carbocycles. The zero-order valence-electron chi connectivity index (χ0n) is 21.9. The highest BCUT2D eigenvalue weighted by atomic mass is 16.2. The molecule has 0 spiro atoms. The first-order valence-corrected chi connectivity index (χ1v) is 14.8. The summed E-state index contributed by atoms with van der Waals surface area (Å²) in [7, 11) is 0. The molecule has 0 aromatic rings. The number of rotatable bonds is 7. The summed E-state index contributed by atoms with van der Waals surface area (Å²) < 4.78 is 0. The smallest absolute Gasteiger partial charge is 0.245 e. The maximum Gasteiger partial charge on any atom is 0.245 e. The van der Waals surface area contributed by atoms with Gasteiger partial charge < -0.3 is 4.90 Å². The molecular formula is C30H37N3O5. The minimum absolute atomic E-state index is 0.0465. The molecule has 202 valence electrons. The van der Waals surface area contributed by atoms with Gasteiger partial charge in [-0.2, -0.15) is 0 Å². The molecule has 7 aliphatic rings. The summed E-state index contributed by atoms with van der Waals surface area (Å²) in [5.41, 5.74) is 0. The van der Waals surface area contributed by atoms with E-state index >= 15 is 0 Å². The van der Waals surface area contributed by atoms with Crippen molar-refractivity contribution in [3.05, 3.63) is 24.3 Å². The number of carbonyl (C=O) groups excluding carboxylic acids is 5. The summed E-state index contributed by atoms with van der Waals surface area (Å²) in [6.45, 7) is 1.68. The van der Waals surface area contributed by atoms with E-state index in [0.717, 1.165) is 38.5 Å². The van der Waals surface area contributed by atoms with Gasteiger partial charge >= 0.3 is 0 Å². The summed E-state index contributed by atoms with van der Waals surface area (Å²) in [5.74, 6) is -0.984. The summed E-state index contributed by atoms with van der Waals surface area (Å²) in [5, 5.41) is 0. The number of carbonyl (C=O) groups is 5. The number of fused-ring (bicyclic) bond motifs is 10. The van der Waals surface area contributed by atoms with Crippen molar-refractivity contribution >= 4 is 29.5 Å². The lowest BCUT2D eigenvalue weighted by Crippen LogP contribution is -2.52. The van der Waals surface area contributed by atoms with Crippen LogP contribution < -0.4 is 0 Å². The predicted molar refractivity (Wildman–Crippen MR) is 137 cm³/mol. The third kappa shape index (κ3) is 3.51. The van der Waals surface area contributed by atoms with Gasteiger partial charge in [0.05, 0.1) is 23.7 Å². The van der Waals surface area contributed by atoms with Crippen LogP contribution in [0.15, 0.2) is 24.3 Å². The lowest BCUT2D eigenvalue weighted by molar-refractivity contribution is -0.152. The van der Waals surface area contributed by atoms with Crippen LogP contribution in [0, 0.1) is 47.3 Å². The third-order valence-corrected chi connectivity index (χ3v) is 10.7. The van der Waals surface area contributed by atoms with Crippen molar-refractivity contribution in [3.8, 4) is 0 Å². The van der Waals surface area contributed by atoms with Crippen LogP contribution in [0.3, 0.4) is 0 Å². The van der Waals surface area contributed by atoms with Gasteiger partial charge in [0.25, 0.3) is 0 Å². The molecule has 5 fully saturated rings. The Morgan fingerprint density at radius 2 is 1.16 bits per heavy atom. The summed E-state index contributed by atoms with van der Waals surface area (Å²) in [4.78, 5) is 71.7. The van der Waals surface area contributed by atoms with Crippen LogP contribution >= 0.6 is 0 Å². The van der Waals surface area contributed by atoms with Gasteiger partial charge in [0.2, 0.25) is 29.5 Å². The molecule has 9 atom stereocenters. The largest absolute Gasteiger partial charge is 0.341 e. The van der Waals surface area contributed by atoms with Gasteiger partial charge in [-0.05, 0) is 68.6 Å². The molecule has 38 heavy (non-hydrogen) atoms. The van der Waals surface area contributed by atoms with Gasteiger partial charge in [-0.15, -0.1) is 0 Å². The van der Waals surface area contributed by atoms with Crippen LogP contribution in [-0.4, -0.2) is 69.9 Å². The number of hydrogen-bond donors (Lipinski definition) is 0. The summed E-state index contributed by atoms with van der Waals surface area (Å²) >= 11 is 0. The number of amides is 5. The minimum Gasteiger partial charge on any atom is -0.341 e. The fourth-order valence-corrected chi connectivity index (χ4v) is 8.89. The molecule has 8 heteroatoms. The van der Waals surface area contributed by atoms with Crippen molar-refractivity contribution < 1.29 is 24.0 Å². The van der Waals surface area contributed by atoms with E-state index in [4.69, 9.17) is 0 Å². The van der Waals surface area contributed by atoms with Crippen LogP contribution in [-0.2, 0) is 24.0 Å². The molecule has 4 aliphatic carbocycles. The first kappa shape index (κ1) is 24.3. The molecule has 3 saturated heterocycles. The Kier molecular flexibility index (Phi) is 5.85. The lowest BCUT2D eigenvalue weighted by Gasteiger charge is -2.32. The molecular weight excluding hydrogens is 482 g/mol. The predicted octanol–water partition coefficient (Wildman–Crippen LogP) is 2.54. The number of unbranched alkanes of at least 4 members (excludes halogenated alkanes) is 1. The van der Waals surface area contributed by atoms with Crippen molar-refractivity contribution in [2.24, 2.45) is 47.3 Å². The Bertz CT molecular complexity index is 1080. The van der Waals surface area contributed by atoms with E-state index in [-0.39, 0.29) is 76.9 Å². The van der Waals surface area contributed by atoms with E-state index in [1.807, 2.05) is 4.90 Å². The van der Waals surface area contributed by atoms with Crippen molar-refractivity contribution in [2.45, 2.75) is 63.8 Å². The van der Waals surface area contributed by atoms with E-state index in [1.54, 1.807) is 0 Å². The zero-order valence-corrected chi connectivity index (χ0v) is 21.9. The molecule has 4 bridgehead atoms. The Morgan fingerprint density at radius 3 is 1.66 bits per heavy atom. The molecule has 8 nitrogen and oxygen atoms in total. The molecule has 3 aliphatic heterocycles. The van der Waals surface area contributed by atoms with E-state index in [1.165, 1.54) is 9.80 Å². The SMILES string of the molecule is O=C([C@H](CCCCN1C(=O)[C@@H]2[C@H](C1=O)[C@H]1C=C[C@H]2C1)N1C(=O)[C@H]2[C@H](C1=O)[C@H]1C=C[C@H]2C1)N1CCCCCC1. The lowest BCUT2D eigenvalue weighted by atomic mass is 9.85. The molecule has 3 heterocycles. The van der Waals surface area contributed by atoms with Gasteiger partial charge in [-0.25, -0.2) is 0 Å². The second-order valence-electron chi connectivity index (χ2n) is 12.6. The first-order valence-electron chi connectivity index (χ1n) is 14.8. The van der Waals surface area contributed by atoms with Crippen LogP contribution in [0.2, 0.25) is 0 Å². The Hall–Kier alpha value is -2.77. The standard InChI is InChI=1S/C30H37N3O5/c34-26(31-12-4-1-2-5-13-31)21(33-29(37)24-19-10-11-20(16-19)25(24)30(33)38)7-3-6-14-32-27(35)22-17-8-9-18(15-17)23(22)28(32)36/h8-11,17-25H,1-7,12-16H2/t17-,18-,19-,20-,21-,22-,23+,24+,25+/m0/s1. The maximum atomic E-state index is 13.8. The van der Waals surface area contributed by atoms with Crippen LogP contribution in [0.5, 0.6) is 0 Å². The Labute approximate surface area is 223 Å². The van der Waals surface area contributed by atoms with Crippen molar-refractivity contribution in [1.29, 1.82) is 0 Å². The van der Waals surface area contributed by atoms with Gasteiger partial charge in [0, 0.05) is 19.6 Å². The number of allylic oxidation sites excluding steroid dienone is 4. The van der Waals surface area contributed by atoms with Crippen LogP contribution in [0.25, 0.3) is 0 Å². The number of imide groups is 2. The zero-order chi connectivity index (χ0) is 26.1. The van der Waals surface area contributed by atoms with Crippen molar-refractivity contribution in [1.82, 2.24) is 14.7 Å². The fourth-order valence-electron chi connectivity index (χ4n) is 8.89. The number of nitrogens with zero attached hydrogens (tertiary/aromatic N) is 3. The third-order valence-electron chi connectivity index (χ3n) is 10.7. The highest BCUT2D eigenvalue weighted by Crippen LogP contribution is 2.54. The molecule has 5 amide bonds. The minimum atomic E-state index is -0.789. The molecule has 0 aromatic heterocycles. The van der Waals surface area contributed by atoms with Gasteiger partial charge in [-0.3, -0.25) is 33.8 Å². The molecule has 0 N–H and O–H groups in total. The molecule has 0 aromatic carbocycles. The highest BCUT2D eigenvalue weighted by molar-refractivity contribution is 6.09. The van der Waals surface area contributed by atoms with E-state index in [2.05, 4.69) is 24.3 Å². The molecule has 0 unspecified atom stereocenters. The Morgan fingerprint density at radius 1 is 0.684 bits per heavy atom. The second kappa shape index (κ2) is 9.16. The Balaban J connectivity index is 1.04. The second-order valence-corrected chi connectivity index (χ2v) is 12.6. The fraction of sp³-hybridized carbons (Fsp3) is 0.700. The topological polar surface area (TPSA) is 95.1 Å². The van der Waals surface area contributed by atoms with Crippen LogP contribution in [0.4, 0.5) is 0 Å². The summed E-state index contributed by atoms with van der Waals surface area (Å²) in [6, 6.07) is -0.789. The average Bonchev–Trinajstić information content (AvgIpc) is 3.74. The monoisotopic (exact) mass is 519 g/mol. The first-order chi connectivity index (χ1) is 18.5. The van der Waals surface area contributed by atoms with E-state index in [9.17, 15) is 24.0 Å². The van der Waals surface area contributed by atoms with Crippen molar-refractivity contribution in [2.75, 3.05) is 19.6 Å². The van der Waals surface area contributed by atoms with Crippen LogP contribution in [0.1, 0.15) is 57.8 Å². The molecule has 0 radical (unpaired) electrons. The van der Waals surface area contributed by atoms with E-state index < -0.39 is 6.04 Å². The van der Waals surface area contributed by atoms with Gasteiger partial charge in [0.15, 0.2) is 0 Å². The normalized spacial score (nSPS) is 39.5. The number of likely N-dealkylation sites (tertiary alicyclic amines) is 3. The molecule has 7 rings (SSSR count). The van der Waals surface area contributed by atoms with Crippen molar-refractivity contribution in [3.63, 3.8) is 0 Å². The van der Waals surface area contributed by atoms with Gasteiger partial charge in [0.1, 0.15) is 6.04 Å². The quantitative estimate of drug-likeness (QED) is 0.293. The number of hydrogen-bond acceptors (Lipinski definition) is 5. The highest BCUT2D eigenvalue weighted by Gasteiger charge is 2.61. The summed E-state index contributed by atoms with van der Waals surface area (Å²) in [6.07, 6.45) is 15.7.